The van der Waals surface area contributed by atoms with Crippen LogP contribution in [0.1, 0.15) is 28.8 Å². The van der Waals surface area contributed by atoms with Gasteiger partial charge in [0.05, 0.1) is 7.11 Å². The Hall–Kier alpha value is -2.10. The smallest absolute Gasteiger partial charge is 0.331 e. The molecule has 0 atom stereocenters. The zero-order valence-electron chi connectivity index (χ0n) is 9.40. The highest BCUT2D eigenvalue weighted by Gasteiger charge is 2.19. The average molecular weight is 232 g/mol. The number of hydrogen-bond donors (Lipinski definition) is 1. The first-order valence-electron chi connectivity index (χ1n) is 5.27. The molecule has 0 aliphatic heterocycles. The summed E-state index contributed by atoms with van der Waals surface area (Å²) >= 11 is 0. The van der Waals surface area contributed by atoms with E-state index < -0.39 is 5.97 Å². The molecular formula is C13H12O4. The van der Waals surface area contributed by atoms with Crippen molar-refractivity contribution in [2.24, 2.45) is 0 Å². The molecule has 0 radical (unpaired) electrons. The molecule has 0 heterocycles. The van der Waals surface area contributed by atoms with E-state index in [2.05, 4.69) is 0 Å². The van der Waals surface area contributed by atoms with E-state index in [0.717, 1.165) is 0 Å². The third-order valence-electron chi connectivity index (χ3n) is 2.78. The highest BCUT2D eigenvalue weighted by atomic mass is 16.5. The van der Waals surface area contributed by atoms with Gasteiger partial charge in [-0.3, -0.25) is 4.79 Å². The SMILES string of the molecule is COc1ccc2c(c1)C=C(C(=O)O)CCC2=O. The van der Waals surface area contributed by atoms with E-state index in [4.69, 9.17) is 9.84 Å². The van der Waals surface area contributed by atoms with Gasteiger partial charge in [-0.1, -0.05) is 0 Å². The topological polar surface area (TPSA) is 63.6 Å². The van der Waals surface area contributed by atoms with Gasteiger partial charge in [0.25, 0.3) is 0 Å². The molecule has 1 aromatic rings. The monoisotopic (exact) mass is 232 g/mol. The predicted octanol–water partition coefficient (Wildman–Crippen LogP) is 2.14. The average Bonchev–Trinajstić information content (AvgIpc) is 2.48. The van der Waals surface area contributed by atoms with Crippen LogP contribution in [0, 0.1) is 0 Å². The molecule has 0 aromatic heterocycles. The van der Waals surface area contributed by atoms with Gasteiger partial charge in [-0.05, 0) is 36.3 Å². The lowest BCUT2D eigenvalue weighted by atomic mass is 10.0. The molecule has 1 aromatic carbocycles. The Morgan fingerprint density at radius 2 is 2.12 bits per heavy atom. The van der Waals surface area contributed by atoms with Gasteiger partial charge in [0.1, 0.15) is 5.75 Å². The number of carboxylic acids is 1. The maximum Gasteiger partial charge on any atom is 0.331 e. The van der Waals surface area contributed by atoms with Gasteiger partial charge < -0.3 is 9.84 Å². The number of benzene rings is 1. The molecule has 0 spiro atoms. The summed E-state index contributed by atoms with van der Waals surface area (Å²) in [6.07, 6.45) is 2.05. The van der Waals surface area contributed by atoms with Crippen LogP contribution in [-0.2, 0) is 4.79 Å². The minimum absolute atomic E-state index is 0.0323. The summed E-state index contributed by atoms with van der Waals surface area (Å²) in [4.78, 5) is 22.8. The van der Waals surface area contributed by atoms with Gasteiger partial charge in [0.2, 0.25) is 0 Å². The number of carboxylic acid groups (broad SMARTS) is 1. The molecule has 0 unspecified atom stereocenters. The first kappa shape index (κ1) is 11.4. The van der Waals surface area contributed by atoms with Crippen molar-refractivity contribution in [2.45, 2.75) is 12.8 Å². The van der Waals surface area contributed by atoms with Gasteiger partial charge in [-0.15, -0.1) is 0 Å². The van der Waals surface area contributed by atoms with Gasteiger partial charge in [-0.25, -0.2) is 4.79 Å². The summed E-state index contributed by atoms with van der Waals surface area (Å²) in [5.41, 5.74) is 1.43. The van der Waals surface area contributed by atoms with Crippen LogP contribution in [0.25, 0.3) is 6.08 Å². The number of Topliss-reactive ketones (excluding diaryl/α,β-unsaturated/α-hetero) is 1. The second kappa shape index (κ2) is 4.41. The molecule has 4 heteroatoms. The number of rotatable bonds is 2. The van der Waals surface area contributed by atoms with Crippen LogP contribution in [0.4, 0.5) is 0 Å². The highest BCUT2D eigenvalue weighted by Crippen LogP contribution is 2.26. The van der Waals surface area contributed by atoms with Gasteiger partial charge in [0.15, 0.2) is 5.78 Å². The summed E-state index contributed by atoms with van der Waals surface area (Å²) in [5.74, 6) is -0.400. The zero-order chi connectivity index (χ0) is 12.4. The van der Waals surface area contributed by atoms with Crippen LogP contribution in [0.2, 0.25) is 0 Å². The molecule has 4 nitrogen and oxygen atoms in total. The lowest BCUT2D eigenvalue weighted by Crippen LogP contribution is -2.01. The van der Waals surface area contributed by atoms with E-state index in [1.807, 2.05) is 0 Å². The van der Waals surface area contributed by atoms with Crippen molar-refractivity contribution in [3.63, 3.8) is 0 Å². The standard InChI is InChI=1S/C13H12O4/c1-17-10-3-4-11-9(7-10)6-8(13(15)16)2-5-12(11)14/h3-4,6-7H,2,5H2,1H3,(H,15,16). The maximum atomic E-state index is 11.8. The number of hydrogen-bond acceptors (Lipinski definition) is 3. The summed E-state index contributed by atoms with van der Waals surface area (Å²) < 4.78 is 5.06. The lowest BCUT2D eigenvalue weighted by Gasteiger charge is -2.05. The molecule has 1 N–H and O–H groups in total. The van der Waals surface area contributed by atoms with Crippen molar-refractivity contribution >= 4 is 17.8 Å². The van der Waals surface area contributed by atoms with Crippen LogP contribution in [0.5, 0.6) is 5.75 Å². The van der Waals surface area contributed by atoms with Crippen LogP contribution in [0.15, 0.2) is 23.8 Å². The first-order chi connectivity index (χ1) is 8.11. The zero-order valence-corrected chi connectivity index (χ0v) is 9.40. The fourth-order valence-electron chi connectivity index (χ4n) is 1.85. The summed E-state index contributed by atoms with van der Waals surface area (Å²) in [6.45, 7) is 0. The van der Waals surface area contributed by atoms with Crippen LogP contribution in [-0.4, -0.2) is 24.0 Å². The Labute approximate surface area is 98.5 Å². The summed E-state index contributed by atoms with van der Waals surface area (Å²) in [7, 11) is 1.53. The summed E-state index contributed by atoms with van der Waals surface area (Å²) in [6, 6.07) is 5.07. The Bertz CT molecular complexity index is 514. The van der Waals surface area contributed by atoms with Gasteiger partial charge in [-0.2, -0.15) is 0 Å². The van der Waals surface area contributed by atoms with Crippen molar-refractivity contribution in [3.8, 4) is 5.75 Å². The number of carbonyl (C=O) groups is 2. The third-order valence-corrected chi connectivity index (χ3v) is 2.78. The fourth-order valence-corrected chi connectivity index (χ4v) is 1.85. The normalized spacial score (nSPS) is 14.6. The van der Waals surface area contributed by atoms with E-state index in [1.165, 1.54) is 7.11 Å². The van der Waals surface area contributed by atoms with Crippen molar-refractivity contribution < 1.29 is 19.4 Å². The van der Waals surface area contributed by atoms with E-state index in [-0.39, 0.29) is 24.2 Å². The molecule has 0 saturated heterocycles. The summed E-state index contributed by atoms with van der Waals surface area (Å²) in [5, 5.41) is 8.99. The second-order valence-corrected chi connectivity index (χ2v) is 3.85. The predicted molar refractivity (Wildman–Crippen MR) is 62.2 cm³/mol. The minimum Gasteiger partial charge on any atom is -0.497 e. The fraction of sp³-hybridized carbons (Fsp3) is 0.231. The van der Waals surface area contributed by atoms with E-state index in [1.54, 1.807) is 24.3 Å². The minimum atomic E-state index is -0.978. The van der Waals surface area contributed by atoms with Gasteiger partial charge in [0, 0.05) is 17.6 Å². The number of ether oxygens (including phenoxy) is 1. The molecule has 0 bridgehead atoms. The molecule has 1 aliphatic carbocycles. The largest absolute Gasteiger partial charge is 0.497 e. The Morgan fingerprint density at radius 3 is 2.76 bits per heavy atom. The van der Waals surface area contributed by atoms with Crippen LogP contribution in [0.3, 0.4) is 0 Å². The quantitative estimate of drug-likeness (QED) is 0.848. The van der Waals surface area contributed by atoms with E-state index in [9.17, 15) is 9.59 Å². The number of fused-ring (bicyclic) bond motifs is 1. The van der Waals surface area contributed by atoms with Gasteiger partial charge >= 0.3 is 5.97 Å². The second-order valence-electron chi connectivity index (χ2n) is 3.85. The number of aliphatic carboxylic acids is 1. The Morgan fingerprint density at radius 1 is 1.35 bits per heavy atom. The molecule has 0 amide bonds. The Balaban J connectivity index is 2.55. The van der Waals surface area contributed by atoms with E-state index in [0.29, 0.717) is 16.9 Å². The Kier molecular flexibility index (Phi) is 2.95. The maximum absolute atomic E-state index is 11.8. The number of methoxy groups -OCH3 is 1. The van der Waals surface area contributed by atoms with Crippen LogP contribution < -0.4 is 4.74 Å². The first-order valence-corrected chi connectivity index (χ1v) is 5.27. The number of ketones is 1. The molecule has 88 valence electrons. The highest BCUT2D eigenvalue weighted by molar-refractivity contribution is 6.04. The molecule has 2 rings (SSSR count). The number of carbonyl (C=O) groups excluding carboxylic acids is 1. The molecular weight excluding hydrogens is 220 g/mol. The third kappa shape index (κ3) is 2.20. The van der Waals surface area contributed by atoms with E-state index >= 15 is 0 Å². The van der Waals surface area contributed by atoms with Crippen molar-refractivity contribution in [3.05, 3.63) is 34.9 Å². The van der Waals surface area contributed by atoms with Crippen molar-refractivity contribution in [2.75, 3.05) is 7.11 Å². The molecule has 1 aliphatic rings. The van der Waals surface area contributed by atoms with Crippen molar-refractivity contribution in [1.82, 2.24) is 0 Å². The van der Waals surface area contributed by atoms with Crippen molar-refractivity contribution in [1.29, 1.82) is 0 Å². The lowest BCUT2D eigenvalue weighted by molar-refractivity contribution is -0.132. The van der Waals surface area contributed by atoms with Crippen LogP contribution >= 0.6 is 0 Å². The molecule has 0 fully saturated rings. The molecule has 0 saturated carbocycles. The molecule has 17 heavy (non-hydrogen) atoms.